The third kappa shape index (κ3) is 9.88. The summed E-state index contributed by atoms with van der Waals surface area (Å²) in [6, 6.07) is -5.33. The number of fused-ring (bicyclic) bond motifs is 1. The molecule has 2 heterocycles. The molecule has 41 heavy (non-hydrogen) atoms. The minimum atomic E-state index is -1.10. The van der Waals surface area contributed by atoms with E-state index in [-0.39, 0.29) is 30.9 Å². The largest absolute Gasteiger partial charge is 0.391 e. The Morgan fingerprint density at radius 1 is 0.927 bits per heavy atom. The van der Waals surface area contributed by atoms with Gasteiger partial charge in [-0.2, -0.15) is 11.8 Å². The third-order valence-corrected chi connectivity index (χ3v) is 7.66. The number of carbonyl (C=O) groups is 7. The Labute approximate surface area is 242 Å². The second-order valence-electron chi connectivity index (χ2n) is 11.3. The summed E-state index contributed by atoms with van der Waals surface area (Å²) in [5.41, 5.74) is 4.66. The summed E-state index contributed by atoms with van der Waals surface area (Å²) in [6.45, 7) is 7.40. The number of rotatable bonds is 1. The second-order valence-corrected chi connectivity index (χ2v) is 12.4. The fourth-order valence-corrected chi connectivity index (χ4v) is 5.14. The van der Waals surface area contributed by atoms with Crippen molar-refractivity contribution in [3.63, 3.8) is 0 Å². The minimum Gasteiger partial charge on any atom is -0.391 e. The molecule has 2 saturated heterocycles. The summed E-state index contributed by atoms with van der Waals surface area (Å²) in [5.74, 6) is -4.35. The molecule has 2 aliphatic rings. The van der Waals surface area contributed by atoms with E-state index in [9.17, 15) is 38.7 Å². The van der Waals surface area contributed by atoms with Crippen molar-refractivity contribution in [1.82, 2.24) is 31.5 Å². The van der Waals surface area contributed by atoms with Crippen LogP contribution >= 0.6 is 11.8 Å². The average molecular weight is 600 g/mol. The number of aliphatic hydroxyl groups is 1. The zero-order chi connectivity index (χ0) is 31.1. The molecule has 0 aromatic heterocycles. The molecule has 0 aromatic carbocycles. The Hall–Kier alpha value is -3.40. The summed E-state index contributed by atoms with van der Waals surface area (Å²) < 4.78 is 0. The maximum absolute atomic E-state index is 13.6. The lowest BCUT2D eigenvalue weighted by Gasteiger charge is -2.35. The van der Waals surface area contributed by atoms with E-state index in [2.05, 4.69) is 26.6 Å². The highest BCUT2D eigenvalue weighted by Gasteiger charge is 2.44. The molecule has 2 fully saturated rings. The molecule has 7 amide bonds. The molecule has 2 rings (SSSR count). The normalized spacial score (nSPS) is 30.4. The molecule has 0 saturated carbocycles. The lowest BCUT2D eigenvalue weighted by atomic mass is 9.85. The molecule has 0 radical (unpaired) electrons. The summed E-state index contributed by atoms with van der Waals surface area (Å²) >= 11 is 1.16. The van der Waals surface area contributed by atoms with Crippen LogP contribution in [0.15, 0.2) is 0 Å². The van der Waals surface area contributed by atoms with Crippen LogP contribution in [0, 0.1) is 5.41 Å². The molecule has 1 unspecified atom stereocenters. The number of nitrogens with one attached hydrogen (secondary N) is 5. The molecule has 2 aliphatic heterocycles. The van der Waals surface area contributed by atoms with E-state index in [1.807, 2.05) is 0 Å². The van der Waals surface area contributed by atoms with Gasteiger partial charge in [-0.3, -0.25) is 33.6 Å². The van der Waals surface area contributed by atoms with Crippen LogP contribution in [0.5, 0.6) is 0 Å². The number of primary amides is 1. The van der Waals surface area contributed by atoms with Crippen LogP contribution in [0.3, 0.4) is 0 Å². The Morgan fingerprint density at radius 2 is 1.56 bits per heavy atom. The van der Waals surface area contributed by atoms with Gasteiger partial charge in [0.1, 0.15) is 30.2 Å². The molecule has 15 nitrogen and oxygen atoms in total. The third-order valence-electron chi connectivity index (χ3n) is 6.67. The molecule has 16 heteroatoms. The van der Waals surface area contributed by atoms with Gasteiger partial charge in [-0.25, -0.2) is 0 Å². The second kappa shape index (κ2) is 14.5. The number of aliphatic hydroxyl groups excluding tert-OH is 1. The van der Waals surface area contributed by atoms with Crippen molar-refractivity contribution in [2.45, 2.75) is 83.8 Å². The van der Waals surface area contributed by atoms with Gasteiger partial charge in [0.25, 0.3) is 0 Å². The predicted octanol–water partition coefficient (Wildman–Crippen LogP) is -3.29. The highest BCUT2D eigenvalue weighted by molar-refractivity contribution is 7.99. The molecule has 230 valence electrons. The molecule has 0 aliphatic carbocycles. The first-order valence-corrected chi connectivity index (χ1v) is 14.5. The molecule has 0 spiro atoms. The molecule has 6 atom stereocenters. The van der Waals surface area contributed by atoms with Gasteiger partial charge in [-0.1, -0.05) is 20.8 Å². The highest BCUT2D eigenvalue weighted by Crippen LogP contribution is 2.26. The van der Waals surface area contributed by atoms with Gasteiger partial charge < -0.3 is 42.3 Å². The van der Waals surface area contributed by atoms with Gasteiger partial charge >= 0.3 is 0 Å². The van der Waals surface area contributed by atoms with Gasteiger partial charge in [0.2, 0.25) is 41.4 Å². The highest BCUT2D eigenvalue weighted by atomic mass is 32.2. The minimum absolute atomic E-state index is 0.0596. The maximum atomic E-state index is 13.6. The van der Waals surface area contributed by atoms with Crippen molar-refractivity contribution in [1.29, 1.82) is 0 Å². The van der Waals surface area contributed by atoms with E-state index in [1.165, 1.54) is 18.7 Å². The zero-order valence-electron chi connectivity index (χ0n) is 23.9. The van der Waals surface area contributed by atoms with E-state index in [1.54, 1.807) is 20.8 Å². The summed E-state index contributed by atoms with van der Waals surface area (Å²) in [4.78, 5) is 89.9. The first-order valence-electron chi connectivity index (χ1n) is 13.3. The zero-order valence-corrected chi connectivity index (χ0v) is 24.8. The van der Waals surface area contributed by atoms with Gasteiger partial charge in [0.15, 0.2) is 0 Å². The Kier molecular flexibility index (Phi) is 11.9. The van der Waals surface area contributed by atoms with E-state index >= 15 is 0 Å². The van der Waals surface area contributed by atoms with Gasteiger partial charge in [-0.05, 0) is 31.4 Å². The number of amides is 7. The lowest BCUT2D eigenvalue weighted by molar-refractivity contribution is -0.144. The van der Waals surface area contributed by atoms with Crippen LogP contribution in [-0.4, -0.2) is 112 Å². The van der Waals surface area contributed by atoms with Gasteiger partial charge in [0, 0.05) is 13.0 Å². The van der Waals surface area contributed by atoms with Crippen LogP contribution in [0.4, 0.5) is 0 Å². The predicted molar refractivity (Wildman–Crippen MR) is 149 cm³/mol. The summed E-state index contributed by atoms with van der Waals surface area (Å²) in [6.07, 6.45) is -0.936. The van der Waals surface area contributed by atoms with Crippen LogP contribution in [0.1, 0.15) is 47.5 Å². The topological polar surface area (TPSA) is 229 Å². The molecule has 8 N–H and O–H groups in total. The van der Waals surface area contributed by atoms with Crippen molar-refractivity contribution in [2.75, 3.05) is 24.6 Å². The van der Waals surface area contributed by atoms with Crippen LogP contribution in [-0.2, 0) is 33.6 Å². The van der Waals surface area contributed by atoms with Crippen molar-refractivity contribution in [2.24, 2.45) is 11.1 Å². The van der Waals surface area contributed by atoms with E-state index in [4.69, 9.17) is 5.73 Å². The number of hydrogen-bond donors (Lipinski definition) is 7. The average Bonchev–Trinajstić information content (AvgIpc) is 3.27. The fraction of sp³-hybridized carbons (Fsp3) is 0.720. The molecular weight excluding hydrogens is 558 g/mol. The van der Waals surface area contributed by atoms with Crippen LogP contribution < -0.4 is 32.3 Å². The quantitative estimate of drug-likeness (QED) is 0.160. The van der Waals surface area contributed by atoms with Crippen molar-refractivity contribution in [3.8, 4) is 0 Å². The monoisotopic (exact) mass is 599 g/mol. The smallest absolute Gasteiger partial charge is 0.246 e. The van der Waals surface area contributed by atoms with E-state index < -0.39 is 89.6 Å². The van der Waals surface area contributed by atoms with Gasteiger partial charge in [0.05, 0.1) is 18.4 Å². The van der Waals surface area contributed by atoms with Crippen molar-refractivity contribution in [3.05, 3.63) is 0 Å². The molecular formula is C25H41N7O8S. The maximum Gasteiger partial charge on any atom is 0.246 e. The standard InChI is InChI=1S/C25H41N7O8S/c1-12-21(37)27-9-17(34)28-13(2)22(38)30-15(20(26)36)6-7-41-11-18(35)31-19(25(3,4)5)24(40)32-10-14(33)8-16(32)23(39)29-12/h12-16,19,33H,6-11H2,1-5H3,(H2,26,36)(H,27,37)(H,28,34)(H,29,39)(H,30,38)(H,31,35)/t12?,13-,14-,15-,16+,19-/m1/s1. The SMILES string of the molecule is CC1NC(=O)[C@@H]2C[C@@H](O)CN2C(=O)[C@H](C(C)(C)C)NC(=O)CSCC[C@H](C(N)=O)NC(=O)[C@@H](C)NC(=O)CNC1=O. The summed E-state index contributed by atoms with van der Waals surface area (Å²) in [5, 5.41) is 22.7. The Bertz CT molecular complexity index is 1050. The fourth-order valence-electron chi connectivity index (χ4n) is 4.33. The first-order chi connectivity index (χ1) is 19.0. The van der Waals surface area contributed by atoms with E-state index in [0.29, 0.717) is 0 Å². The Morgan fingerprint density at radius 3 is 2.17 bits per heavy atom. The van der Waals surface area contributed by atoms with Crippen molar-refractivity contribution >= 4 is 53.1 Å². The summed E-state index contributed by atoms with van der Waals surface area (Å²) in [7, 11) is 0. The molecule has 0 aromatic rings. The lowest BCUT2D eigenvalue weighted by Crippen LogP contribution is -2.59. The van der Waals surface area contributed by atoms with E-state index in [0.717, 1.165) is 11.8 Å². The van der Waals surface area contributed by atoms with Crippen LogP contribution in [0.25, 0.3) is 0 Å². The van der Waals surface area contributed by atoms with Crippen molar-refractivity contribution < 1.29 is 38.7 Å². The Balaban J connectivity index is 2.30. The number of thioether (sulfide) groups is 1. The number of nitrogens with two attached hydrogens (primary N) is 1. The molecule has 0 bridgehead atoms. The number of hydrogen-bond acceptors (Lipinski definition) is 9. The number of nitrogens with zero attached hydrogens (tertiary/aromatic N) is 1. The van der Waals surface area contributed by atoms with Crippen LogP contribution in [0.2, 0.25) is 0 Å². The number of carbonyl (C=O) groups excluding carboxylic acids is 7. The first kappa shape index (κ1) is 33.8. The van der Waals surface area contributed by atoms with Gasteiger partial charge in [-0.15, -0.1) is 0 Å².